The third-order valence-electron chi connectivity index (χ3n) is 1.38. The second-order valence-corrected chi connectivity index (χ2v) is 3.80. The van der Waals surface area contributed by atoms with Gasteiger partial charge in [-0.1, -0.05) is 6.08 Å². The van der Waals surface area contributed by atoms with Gasteiger partial charge in [-0.15, -0.1) is 17.9 Å². The van der Waals surface area contributed by atoms with Crippen LogP contribution in [-0.2, 0) is 6.54 Å². The van der Waals surface area contributed by atoms with Crippen LogP contribution in [0, 0.1) is 6.92 Å². The van der Waals surface area contributed by atoms with E-state index in [9.17, 15) is 0 Å². The van der Waals surface area contributed by atoms with E-state index in [0.717, 1.165) is 13.1 Å². The van der Waals surface area contributed by atoms with Crippen molar-refractivity contribution in [2.75, 3.05) is 6.54 Å². The first-order valence-corrected chi connectivity index (χ1v) is 4.51. The Labute approximate surface area is 71.8 Å². The summed E-state index contributed by atoms with van der Waals surface area (Å²) in [6.07, 6.45) is 1.88. The van der Waals surface area contributed by atoms with Gasteiger partial charge < -0.3 is 5.32 Å². The minimum atomic E-state index is 0.886. The minimum Gasteiger partial charge on any atom is -0.308 e. The molecular weight excluding hydrogens is 154 g/mol. The molecule has 2 heteroatoms. The SMILES string of the molecule is C=CCNCc1ccc(C)s1. The van der Waals surface area contributed by atoms with Crippen molar-refractivity contribution < 1.29 is 0 Å². The third kappa shape index (κ3) is 2.87. The maximum Gasteiger partial charge on any atom is 0.0302 e. The summed E-state index contributed by atoms with van der Waals surface area (Å²) >= 11 is 1.84. The average Bonchev–Trinajstić information content (AvgIpc) is 2.37. The van der Waals surface area contributed by atoms with Crippen LogP contribution in [0.15, 0.2) is 24.8 Å². The molecule has 0 fully saturated rings. The van der Waals surface area contributed by atoms with E-state index in [1.165, 1.54) is 9.75 Å². The summed E-state index contributed by atoms with van der Waals surface area (Å²) < 4.78 is 0. The zero-order valence-corrected chi connectivity index (χ0v) is 7.58. The zero-order chi connectivity index (χ0) is 8.10. The molecule has 0 atom stereocenters. The predicted molar refractivity (Wildman–Crippen MR) is 51.0 cm³/mol. The Morgan fingerprint density at radius 1 is 1.64 bits per heavy atom. The quantitative estimate of drug-likeness (QED) is 0.536. The summed E-state index contributed by atoms with van der Waals surface area (Å²) in [6.45, 7) is 7.61. The molecule has 1 heterocycles. The number of rotatable bonds is 4. The van der Waals surface area contributed by atoms with Gasteiger partial charge in [0, 0.05) is 22.8 Å². The van der Waals surface area contributed by atoms with E-state index in [1.807, 2.05) is 17.4 Å². The number of hydrogen-bond donors (Lipinski definition) is 1. The summed E-state index contributed by atoms with van der Waals surface area (Å²) in [5, 5.41) is 3.26. The van der Waals surface area contributed by atoms with Gasteiger partial charge in [0.2, 0.25) is 0 Å². The van der Waals surface area contributed by atoms with Crippen LogP contribution in [0.1, 0.15) is 9.75 Å². The summed E-state index contributed by atoms with van der Waals surface area (Å²) in [5.74, 6) is 0. The van der Waals surface area contributed by atoms with Gasteiger partial charge >= 0.3 is 0 Å². The van der Waals surface area contributed by atoms with E-state index in [2.05, 4.69) is 31.0 Å². The molecule has 1 aromatic heterocycles. The van der Waals surface area contributed by atoms with E-state index in [-0.39, 0.29) is 0 Å². The van der Waals surface area contributed by atoms with Crippen LogP contribution in [0.5, 0.6) is 0 Å². The van der Waals surface area contributed by atoms with Crippen LogP contribution in [-0.4, -0.2) is 6.54 Å². The highest BCUT2D eigenvalue weighted by Gasteiger charge is 1.93. The Kier molecular flexibility index (Phi) is 3.33. The van der Waals surface area contributed by atoms with E-state index in [4.69, 9.17) is 0 Å². The van der Waals surface area contributed by atoms with Gasteiger partial charge in [0.15, 0.2) is 0 Å². The molecule has 60 valence electrons. The molecule has 0 unspecified atom stereocenters. The van der Waals surface area contributed by atoms with Crippen molar-refractivity contribution >= 4 is 11.3 Å². The highest BCUT2D eigenvalue weighted by molar-refractivity contribution is 7.11. The van der Waals surface area contributed by atoms with Gasteiger partial charge in [0.25, 0.3) is 0 Å². The van der Waals surface area contributed by atoms with Crippen molar-refractivity contribution in [2.45, 2.75) is 13.5 Å². The van der Waals surface area contributed by atoms with Crippen molar-refractivity contribution in [3.05, 3.63) is 34.5 Å². The molecule has 0 spiro atoms. The van der Waals surface area contributed by atoms with Crippen LogP contribution in [0.2, 0.25) is 0 Å². The van der Waals surface area contributed by atoms with E-state index in [0.29, 0.717) is 0 Å². The Hall–Kier alpha value is -0.600. The maximum atomic E-state index is 3.64. The number of nitrogens with one attached hydrogen (secondary N) is 1. The first-order chi connectivity index (χ1) is 5.33. The van der Waals surface area contributed by atoms with Gasteiger partial charge in [-0.05, 0) is 19.1 Å². The lowest BCUT2D eigenvalue weighted by atomic mass is 10.4. The van der Waals surface area contributed by atoms with Crippen molar-refractivity contribution in [1.82, 2.24) is 5.32 Å². The molecule has 0 aromatic carbocycles. The average molecular weight is 167 g/mol. The molecule has 1 nitrogen and oxygen atoms in total. The second kappa shape index (κ2) is 4.31. The number of hydrogen-bond acceptors (Lipinski definition) is 2. The fourth-order valence-electron chi connectivity index (χ4n) is 0.878. The standard InChI is InChI=1S/C9H13NS/c1-3-6-10-7-9-5-4-8(2)11-9/h3-5,10H,1,6-7H2,2H3. The summed E-state index contributed by atoms with van der Waals surface area (Å²) in [5.41, 5.74) is 0. The summed E-state index contributed by atoms with van der Waals surface area (Å²) in [7, 11) is 0. The smallest absolute Gasteiger partial charge is 0.0302 e. The molecular formula is C9H13NS. The van der Waals surface area contributed by atoms with Crippen LogP contribution in [0.3, 0.4) is 0 Å². The fraction of sp³-hybridized carbons (Fsp3) is 0.333. The van der Waals surface area contributed by atoms with Crippen molar-refractivity contribution in [3.63, 3.8) is 0 Å². The van der Waals surface area contributed by atoms with Gasteiger partial charge in [0.1, 0.15) is 0 Å². The largest absolute Gasteiger partial charge is 0.308 e. The van der Waals surface area contributed by atoms with Crippen molar-refractivity contribution in [1.29, 1.82) is 0 Å². The topological polar surface area (TPSA) is 12.0 Å². The minimum absolute atomic E-state index is 0.886. The molecule has 0 aliphatic rings. The molecule has 0 saturated carbocycles. The molecule has 0 bridgehead atoms. The zero-order valence-electron chi connectivity index (χ0n) is 6.76. The fourth-order valence-corrected chi connectivity index (χ4v) is 1.74. The van der Waals surface area contributed by atoms with Crippen LogP contribution in [0.4, 0.5) is 0 Å². The van der Waals surface area contributed by atoms with E-state index < -0.39 is 0 Å². The molecule has 0 aliphatic carbocycles. The first kappa shape index (κ1) is 8.50. The molecule has 1 aromatic rings. The monoisotopic (exact) mass is 167 g/mol. The molecule has 0 aliphatic heterocycles. The predicted octanol–water partition coefficient (Wildman–Crippen LogP) is 2.33. The molecule has 0 radical (unpaired) electrons. The first-order valence-electron chi connectivity index (χ1n) is 3.70. The Bertz CT molecular complexity index is 227. The number of thiophene rings is 1. The second-order valence-electron chi connectivity index (χ2n) is 2.43. The maximum absolute atomic E-state index is 3.64. The molecule has 0 saturated heterocycles. The highest BCUT2D eigenvalue weighted by atomic mass is 32.1. The lowest BCUT2D eigenvalue weighted by Gasteiger charge is -1.96. The molecule has 0 amide bonds. The van der Waals surface area contributed by atoms with Gasteiger partial charge in [-0.25, -0.2) is 0 Å². The van der Waals surface area contributed by atoms with Crippen LogP contribution in [0.25, 0.3) is 0 Å². The van der Waals surface area contributed by atoms with Gasteiger partial charge in [-0.2, -0.15) is 0 Å². The van der Waals surface area contributed by atoms with Crippen molar-refractivity contribution in [3.8, 4) is 0 Å². The van der Waals surface area contributed by atoms with E-state index in [1.54, 1.807) is 0 Å². The van der Waals surface area contributed by atoms with Crippen LogP contribution >= 0.6 is 11.3 Å². The molecule has 1 N–H and O–H groups in total. The summed E-state index contributed by atoms with van der Waals surface area (Å²) in [6, 6.07) is 4.31. The molecule has 11 heavy (non-hydrogen) atoms. The Balaban J connectivity index is 2.32. The van der Waals surface area contributed by atoms with E-state index >= 15 is 0 Å². The normalized spacial score (nSPS) is 9.91. The van der Waals surface area contributed by atoms with Crippen LogP contribution < -0.4 is 5.32 Å². The Morgan fingerprint density at radius 3 is 3.00 bits per heavy atom. The lowest BCUT2D eigenvalue weighted by Crippen LogP contribution is -2.11. The van der Waals surface area contributed by atoms with Gasteiger partial charge in [0.05, 0.1) is 0 Å². The van der Waals surface area contributed by atoms with Gasteiger partial charge in [-0.3, -0.25) is 0 Å². The Morgan fingerprint density at radius 2 is 2.45 bits per heavy atom. The lowest BCUT2D eigenvalue weighted by molar-refractivity contribution is 0.771. The number of aryl methyl sites for hydroxylation is 1. The third-order valence-corrected chi connectivity index (χ3v) is 2.38. The van der Waals surface area contributed by atoms with Crippen molar-refractivity contribution in [2.24, 2.45) is 0 Å². The highest BCUT2D eigenvalue weighted by Crippen LogP contribution is 2.14. The summed E-state index contributed by atoms with van der Waals surface area (Å²) in [4.78, 5) is 2.77. The molecule has 1 rings (SSSR count).